The largest absolute Gasteiger partial charge is 0.383 e. The van der Waals surface area contributed by atoms with Crippen molar-refractivity contribution >= 4 is 46.1 Å². The molecule has 7 nitrogen and oxygen atoms in total. The number of hydrogen-bond acceptors (Lipinski definition) is 4. The first-order chi connectivity index (χ1) is 13.5. The Bertz CT molecular complexity index is 964. The molecule has 0 unspecified atom stereocenters. The number of nitrogens with one attached hydrogen (secondary N) is 2. The topological polar surface area (TPSA) is 75.6 Å². The third-order valence-electron chi connectivity index (χ3n) is 4.72. The van der Waals surface area contributed by atoms with Crippen LogP contribution in [0.15, 0.2) is 30.1 Å². The number of benzene rings is 1. The molecule has 1 saturated heterocycles. The molecule has 8 heteroatoms. The summed E-state index contributed by atoms with van der Waals surface area (Å²) in [6.45, 7) is 3.21. The third-order valence-corrected chi connectivity index (χ3v) is 5.09. The van der Waals surface area contributed by atoms with Crippen LogP contribution in [-0.2, 0) is 27.3 Å². The molecule has 148 valence electrons. The maximum absolute atomic E-state index is 12.3. The number of rotatable bonds is 7. The van der Waals surface area contributed by atoms with Crippen LogP contribution in [0.4, 0.5) is 0 Å². The molecule has 2 aromatic rings. The van der Waals surface area contributed by atoms with Crippen molar-refractivity contribution in [2.75, 3.05) is 27.3 Å². The van der Waals surface area contributed by atoms with Gasteiger partial charge in [0.15, 0.2) is 5.11 Å². The highest BCUT2D eigenvalue weighted by atomic mass is 32.1. The highest BCUT2D eigenvalue weighted by Gasteiger charge is 2.27. The lowest BCUT2D eigenvalue weighted by molar-refractivity contribution is -0.122. The van der Waals surface area contributed by atoms with Crippen molar-refractivity contribution in [3.05, 3.63) is 41.2 Å². The number of nitrogens with zero attached hydrogens (tertiary/aromatic N) is 2. The monoisotopic (exact) mass is 400 g/mol. The van der Waals surface area contributed by atoms with Gasteiger partial charge in [-0.3, -0.25) is 14.5 Å². The predicted molar refractivity (Wildman–Crippen MR) is 113 cm³/mol. The summed E-state index contributed by atoms with van der Waals surface area (Å²) in [7, 11) is 3.24. The number of thiocarbonyl (C=S) groups is 1. The second-order valence-corrected chi connectivity index (χ2v) is 6.96. The van der Waals surface area contributed by atoms with Gasteiger partial charge < -0.3 is 19.9 Å². The summed E-state index contributed by atoms with van der Waals surface area (Å²) in [5.41, 5.74) is 3.44. The number of carbonyl (C=O) groups excluding carboxylic acids is 2. The molecule has 0 atom stereocenters. The van der Waals surface area contributed by atoms with Gasteiger partial charge in [0.1, 0.15) is 12.2 Å². The van der Waals surface area contributed by atoms with Crippen LogP contribution in [-0.4, -0.2) is 53.7 Å². The van der Waals surface area contributed by atoms with Gasteiger partial charge in [-0.1, -0.05) is 25.1 Å². The van der Waals surface area contributed by atoms with Crippen molar-refractivity contribution in [1.82, 2.24) is 20.1 Å². The fraction of sp³-hybridized carbons (Fsp3) is 0.350. The Morgan fingerprint density at radius 2 is 2.18 bits per heavy atom. The van der Waals surface area contributed by atoms with Crippen molar-refractivity contribution in [3.63, 3.8) is 0 Å². The molecule has 0 radical (unpaired) electrons. The van der Waals surface area contributed by atoms with Gasteiger partial charge in [-0.25, -0.2) is 0 Å². The van der Waals surface area contributed by atoms with E-state index in [-0.39, 0.29) is 18.4 Å². The zero-order valence-electron chi connectivity index (χ0n) is 16.2. The lowest BCUT2D eigenvalue weighted by Gasteiger charge is -2.09. The van der Waals surface area contributed by atoms with Crippen LogP contribution in [0.1, 0.15) is 18.1 Å². The zero-order chi connectivity index (χ0) is 20.3. The quantitative estimate of drug-likeness (QED) is 0.420. The smallest absolute Gasteiger partial charge is 0.276 e. The molecule has 0 saturated carbocycles. The summed E-state index contributed by atoms with van der Waals surface area (Å²) in [6, 6.07) is 6.05. The molecular formula is C20H24N4O3S. The molecule has 1 fully saturated rings. The molecule has 0 spiro atoms. The molecule has 28 heavy (non-hydrogen) atoms. The van der Waals surface area contributed by atoms with Crippen molar-refractivity contribution in [1.29, 1.82) is 0 Å². The number of amides is 2. The average molecular weight is 401 g/mol. The number of aromatic nitrogens is 1. The Kier molecular flexibility index (Phi) is 6.11. The summed E-state index contributed by atoms with van der Waals surface area (Å²) in [5.74, 6) is -0.259. The maximum Gasteiger partial charge on any atom is 0.276 e. The number of likely N-dealkylation sites (N-methyl/N-ethyl adjacent to an activating group) is 1. The molecule has 2 N–H and O–H groups in total. The summed E-state index contributed by atoms with van der Waals surface area (Å²) < 4.78 is 6.91. The maximum atomic E-state index is 12.3. The Balaban J connectivity index is 1.99. The van der Waals surface area contributed by atoms with Crippen molar-refractivity contribution in [2.45, 2.75) is 19.9 Å². The summed E-state index contributed by atoms with van der Waals surface area (Å²) in [4.78, 5) is 26.1. The van der Waals surface area contributed by atoms with E-state index in [0.29, 0.717) is 24.0 Å². The Hall–Kier alpha value is -2.71. The van der Waals surface area contributed by atoms with Crippen LogP contribution in [0.3, 0.4) is 0 Å². The summed E-state index contributed by atoms with van der Waals surface area (Å²) in [6.07, 6.45) is 4.54. The molecule has 0 bridgehead atoms. The number of fused-ring (bicyclic) bond motifs is 1. The normalized spacial score (nSPS) is 15.5. The second kappa shape index (κ2) is 8.53. The molecule has 1 aromatic heterocycles. The zero-order valence-corrected chi connectivity index (χ0v) is 17.1. The van der Waals surface area contributed by atoms with E-state index in [1.807, 2.05) is 22.9 Å². The standard InChI is InChI=1S/C20H24N4O3S/c1-4-13-6-5-7-15-14(10-16-19(26)23(2)20(28)22-16)11-24(18(13)15)12-17(25)21-8-9-27-3/h5-7,10-11H,4,8-9,12H2,1-3H3,(H,21,25)(H,22,28). The minimum absolute atomic E-state index is 0.0879. The minimum atomic E-state index is -0.171. The van der Waals surface area contributed by atoms with Crippen LogP contribution < -0.4 is 10.6 Å². The molecule has 1 aliphatic rings. The number of carbonyl (C=O) groups is 2. The first kappa shape index (κ1) is 20.0. The summed E-state index contributed by atoms with van der Waals surface area (Å²) in [5, 5.41) is 7.16. The van der Waals surface area contributed by atoms with Gasteiger partial charge in [-0.15, -0.1) is 0 Å². The van der Waals surface area contributed by atoms with Gasteiger partial charge in [0.25, 0.3) is 5.91 Å². The molecule has 2 amide bonds. The number of aryl methyl sites for hydroxylation is 1. The average Bonchev–Trinajstić information content (AvgIpc) is 3.14. The van der Waals surface area contributed by atoms with Crippen molar-refractivity contribution < 1.29 is 14.3 Å². The van der Waals surface area contributed by atoms with Crippen LogP contribution in [0.5, 0.6) is 0 Å². The highest BCUT2D eigenvalue weighted by molar-refractivity contribution is 7.80. The second-order valence-electron chi connectivity index (χ2n) is 6.57. The third kappa shape index (κ3) is 3.93. The van der Waals surface area contributed by atoms with Gasteiger partial charge in [0, 0.05) is 37.8 Å². The van der Waals surface area contributed by atoms with Crippen LogP contribution in [0, 0.1) is 0 Å². The number of ether oxygens (including phenoxy) is 1. The van der Waals surface area contributed by atoms with E-state index in [4.69, 9.17) is 17.0 Å². The van der Waals surface area contributed by atoms with Gasteiger partial charge in [-0.05, 0) is 30.3 Å². The van der Waals surface area contributed by atoms with Gasteiger partial charge in [0.2, 0.25) is 5.91 Å². The number of hydrogen-bond donors (Lipinski definition) is 2. The van der Waals surface area contributed by atoms with E-state index in [0.717, 1.165) is 28.5 Å². The van der Waals surface area contributed by atoms with E-state index in [1.54, 1.807) is 20.2 Å². The van der Waals surface area contributed by atoms with E-state index >= 15 is 0 Å². The van der Waals surface area contributed by atoms with Gasteiger partial charge >= 0.3 is 0 Å². The van der Waals surface area contributed by atoms with Crippen LogP contribution in [0.25, 0.3) is 17.0 Å². The van der Waals surface area contributed by atoms with Crippen LogP contribution in [0.2, 0.25) is 0 Å². The summed E-state index contributed by atoms with van der Waals surface area (Å²) >= 11 is 5.15. The van der Waals surface area contributed by atoms with Gasteiger partial charge in [-0.2, -0.15) is 0 Å². The lowest BCUT2D eigenvalue weighted by Crippen LogP contribution is -2.30. The Labute approximate surface area is 169 Å². The molecule has 1 aliphatic heterocycles. The number of para-hydroxylation sites is 1. The van der Waals surface area contributed by atoms with Crippen LogP contribution >= 0.6 is 12.2 Å². The van der Waals surface area contributed by atoms with E-state index < -0.39 is 0 Å². The fourth-order valence-electron chi connectivity index (χ4n) is 3.27. The predicted octanol–water partition coefficient (Wildman–Crippen LogP) is 1.65. The Morgan fingerprint density at radius 3 is 2.82 bits per heavy atom. The van der Waals surface area contributed by atoms with E-state index in [1.165, 1.54) is 4.90 Å². The lowest BCUT2D eigenvalue weighted by atomic mass is 10.1. The van der Waals surface area contributed by atoms with Gasteiger partial charge in [0.05, 0.1) is 12.1 Å². The molecule has 1 aromatic carbocycles. The highest BCUT2D eigenvalue weighted by Crippen LogP contribution is 2.27. The first-order valence-corrected chi connectivity index (χ1v) is 9.54. The number of methoxy groups -OCH3 is 1. The molecule has 0 aliphatic carbocycles. The van der Waals surface area contributed by atoms with E-state index in [9.17, 15) is 9.59 Å². The Morgan fingerprint density at radius 1 is 1.39 bits per heavy atom. The molecular weight excluding hydrogens is 376 g/mol. The first-order valence-electron chi connectivity index (χ1n) is 9.13. The van der Waals surface area contributed by atoms with Crippen molar-refractivity contribution in [3.8, 4) is 0 Å². The SMILES string of the molecule is CCc1cccc2c(C=C3NC(=S)N(C)C3=O)cn(CC(=O)NCCOC)c12. The minimum Gasteiger partial charge on any atom is -0.383 e. The molecule has 2 heterocycles. The van der Waals surface area contributed by atoms with Crippen molar-refractivity contribution in [2.24, 2.45) is 0 Å². The molecule has 3 rings (SSSR count). The van der Waals surface area contributed by atoms with E-state index in [2.05, 4.69) is 23.6 Å². The fourth-order valence-corrected chi connectivity index (χ4v) is 3.47.